The van der Waals surface area contributed by atoms with Gasteiger partial charge in [-0.15, -0.1) is 0 Å². The summed E-state index contributed by atoms with van der Waals surface area (Å²) in [5.74, 6) is 0.184. The third-order valence-electron chi connectivity index (χ3n) is 6.13. The van der Waals surface area contributed by atoms with Crippen molar-refractivity contribution in [3.05, 3.63) is 0 Å². The van der Waals surface area contributed by atoms with E-state index >= 15 is 0 Å². The molecule has 4 amide bonds. The summed E-state index contributed by atoms with van der Waals surface area (Å²) in [4.78, 5) is 45.5. The van der Waals surface area contributed by atoms with Gasteiger partial charge in [0.15, 0.2) is 0 Å². The van der Waals surface area contributed by atoms with Crippen molar-refractivity contribution >= 4 is 35.6 Å². The van der Waals surface area contributed by atoms with Crippen molar-refractivity contribution in [1.82, 2.24) is 21.3 Å². The molecule has 0 aliphatic carbocycles. The Kier molecular flexibility index (Phi) is 15.3. The summed E-state index contributed by atoms with van der Waals surface area (Å²) in [5.41, 5.74) is 0. The number of nitrogens with one attached hydrogen (secondary N) is 4. The molecule has 36 heavy (non-hydrogen) atoms. The third kappa shape index (κ3) is 13.3. The Morgan fingerprint density at radius 1 is 0.833 bits per heavy atom. The maximum absolute atomic E-state index is 11.9. The number of carbonyl (C=O) groups is 4. The Balaban J connectivity index is 1.29. The van der Waals surface area contributed by atoms with Crippen LogP contribution in [0.15, 0.2) is 0 Å². The van der Waals surface area contributed by atoms with Gasteiger partial charge in [-0.2, -0.15) is 11.8 Å². The van der Waals surface area contributed by atoms with E-state index in [1.54, 1.807) is 0 Å². The van der Waals surface area contributed by atoms with Crippen LogP contribution < -0.4 is 21.3 Å². The van der Waals surface area contributed by atoms with Crippen molar-refractivity contribution in [1.29, 1.82) is 0 Å². The van der Waals surface area contributed by atoms with Gasteiger partial charge in [-0.05, 0) is 25.7 Å². The third-order valence-corrected chi connectivity index (χ3v) is 7.64. The van der Waals surface area contributed by atoms with Crippen LogP contribution in [0.4, 0.5) is 4.79 Å². The Morgan fingerprint density at radius 2 is 1.42 bits per heavy atom. The standard InChI is InChI=1S/C24H42N4O7S/c29-20(8-3-1-2-4-10-22(31)32)25-11-13-34-15-16-35-14-12-26-21(30)9-6-5-7-19-23-18(17-36-19)27-24(33)28-23/h18-19,23H,1-17H2,(H,25,29)(H,26,30)(H,31,32)(H2,27,28,33)/t18-,19-,23-/m0/s1. The summed E-state index contributed by atoms with van der Waals surface area (Å²) in [6.07, 6.45) is 7.03. The monoisotopic (exact) mass is 530 g/mol. The fourth-order valence-corrected chi connectivity index (χ4v) is 5.76. The molecule has 2 rings (SSSR count). The highest BCUT2D eigenvalue weighted by atomic mass is 32.2. The second kappa shape index (κ2) is 18.2. The van der Waals surface area contributed by atoms with E-state index in [0.29, 0.717) is 64.0 Å². The van der Waals surface area contributed by atoms with E-state index in [0.717, 1.165) is 44.3 Å². The lowest BCUT2D eigenvalue weighted by molar-refractivity contribution is -0.137. The van der Waals surface area contributed by atoms with Gasteiger partial charge in [-0.25, -0.2) is 4.79 Å². The molecule has 0 aromatic carbocycles. The maximum atomic E-state index is 11.9. The maximum Gasteiger partial charge on any atom is 0.315 e. The quantitative estimate of drug-likeness (QED) is 0.110. The minimum atomic E-state index is -0.778. The van der Waals surface area contributed by atoms with Crippen molar-refractivity contribution in [2.24, 2.45) is 0 Å². The van der Waals surface area contributed by atoms with Crippen LogP contribution in [0.25, 0.3) is 0 Å². The lowest BCUT2D eigenvalue weighted by atomic mass is 10.0. The first-order chi connectivity index (χ1) is 17.5. The smallest absolute Gasteiger partial charge is 0.315 e. The van der Waals surface area contributed by atoms with E-state index < -0.39 is 5.97 Å². The van der Waals surface area contributed by atoms with Gasteiger partial charge in [0.25, 0.3) is 0 Å². The minimum absolute atomic E-state index is 0.0190. The van der Waals surface area contributed by atoms with Crippen LogP contribution in [0.1, 0.15) is 64.2 Å². The average Bonchev–Trinajstić information content (AvgIpc) is 3.39. The second-order valence-electron chi connectivity index (χ2n) is 9.10. The Hall–Kier alpha value is -2.05. The number of carboxylic acids is 1. The molecular weight excluding hydrogens is 488 g/mol. The SMILES string of the molecule is O=C(O)CCCCCCC(=O)NCCOCCOCCNC(=O)CCCC[C@@H]1SC[C@@H]2NC(=O)N[C@@H]21. The molecular formula is C24H42N4O7S. The molecule has 2 saturated heterocycles. The number of carbonyl (C=O) groups excluding carboxylic acids is 3. The topological polar surface area (TPSA) is 155 Å². The Morgan fingerprint density at radius 3 is 2.03 bits per heavy atom. The first-order valence-electron chi connectivity index (χ1n) is 13.0. The molecule has 0 saturated carbocycles. The first-order valence-corrected chi connectivity index (χ1v) is 14.1. The van der Waals surface area contributed by atoms with Crippen LogP contribution >= 0.6 is 11.8 Å². The van der Waals surface area contributed by atoms with E-state index in [4.69, 9.17) is 14.6 Å². The largest absolute Gasteiger partial charge is 0.481 e. The summed E-state index contributed by atoms with van der Waals surface area (Å²) < 4.78 is 10.9. The lowest BCUT2D eigenvalue weighted by Crippen LogP contribution is -2.36. The molecule has 12 heteroatoms. The van der Waals surface area contributed by atoms with Crippen LogP contribution in [0.3, 0.4) is 0 Å². The first kappa shape index (κ1) is 30.2. The summed E-state index contributed by atoms with van der Waals surface area (Å²) in [6.45, 7) is 2.59. The Bertz CT molecular complexity index is 697. The van der Waals surface area contributed by atoms with Gasteiger partial charge in [0, 0.05) is 43.4 Å². The molecule has 5 N–H and O–H groups in total. The number of fused-ring (bicyclic) bond motifs is 1. The molecule has 2 aliphatic rings. The van der Waals surface area contributed by atoms with Crippen molar-refractivity contribution in [3.63, 3.8) is 0 Å². The van der Waals surface area contributed by atoms with Crippen molar-refractivity contribution in [2.45, 2.75) is 81.5 Å². The molecule has 0 spiro atoms. The van der Waals surface area contributed by atoms with Gasteiger partial charge in [0.2, 0.25) is 11.8 Å². The fourth-order valence-electron chi connectivity index (χ4n) is 4.21. The highest BCUT2D eigenvalue weighted by Gasteiger charge is 2.42. The van der Waals surface area contributed by atoms with E-state index in [1.165, 1.54) is 0 Å². The highest BCUT2D eigenvalue weighted by Crippen LogP contribution is 2.33. The molecule has 2 fully saturated rings. The van der Waals surface area contributed by atoms with E-state index in [-0.39, 0.29) is 36.3 Å². The average molecular weight is 531 g/mol. The number of hydrogen-bond donors (Lipinski definition) is 5. The number of hydrogen-bond acceptors (Lipinski definition) is 7. The number of carboxylic acid groups (broad SMARTS) is 1. The van der Waals surface area contributed by atoms with Crippen molar-refractivity contribution < 1.29 is 33.8 Å². The summed E-state index contributed by atoms with van der Waals surface area (Å²) in [5, 5.41) is 20.6. The van der Waals surface area contributed by atoms with Crippen LogP contribution in [0.5, 0.6) is 0 Å². The molecule has 2 heterocycles. The number of rotatable bonds is 21. The van der Waals surface area contributed by atoms with Crippen molar-refractivity contribution in [3.8, 4) is 0 Å². The predicted molar refractivity (Wildman–Crippen MR) is 137 cm³/mol. The van der Waals surface area contributed by atoms with Crippen LogP contribution in [-0.2, 0) is 23.9 Å². The van der Waals surface area contributed by atoms with Gasteiger partial charge in [0.05, 0.1) is 38.5 Å². The van der Waals surface area contributed by atoms with Gasteiger partial charge < -0.3 is 35.8 Å². The van der Waals surface area contributed by atoms with Crippen LogP contribution in [0.2, 0.25) is 0 Å². The zero-order valence-corrected chi connectivity index (χ0v) is 21.9. The molecule has 0 aromatic rings. The van der Waals surface area contributed by atoms with Crippen molar-refractivity contribution in [2.75, 3.05) is 45.3 Å². The summed E-state index contributed by atoms with van der Waals surface area (Å²) in [6, 6.07) is 0.394. The fraction of sp³-hybridized carbons (Fsp3) is 0.833. The van der Waals surface area contributed by atoms with E-state index in [9.17, 15) is 19.2 Å². The van der Waals surface area contributed by atoms with Crippen LogP contribution in [0, 0.1) is 0 Å². The molecule has 3 atom stereocenters. The second-order valence-corrected chi connectivity index (χ2v) is 10.4. The predicted octanol–water partition coefficient (Wildman–Crippen LogP) is 1.40. The molecule has 11 nitrogen and oxygen atoms in total. The Labute approximate surface area is 217 Å². The molecule has 0 aromatic heterocycles. The molecule has 2 aliphatic heterocycles. The molecule has 0 radical (unpaired) electrons. The number of urea groups is 1. The highest BCUT2D eigenvalue weighted by molar-refractivity contribution is 8.00. The van der Waals surface area contributed by atoms with Crippen LogP contribution in [-0.4, -0.2) is 91.5 Å². The molecule has 0 unspecified atom stereocenters. The lowest BCUT2D eigenvalue weighted by Gasteiger charge is -2.16. The minimum Gasteiger partial charge on any atom is -0.481 e. The molecule has 0 bridgehead atoms. The van der Waals surface area contributed by atoms with Gasteiger partial charge in [-0.3, -0.25) is 14.4 Å². The normalized spacial score (nSPS) is 20.4. The van der Waals surface area contributed by atoms with E-state index in [1.807, 2.05) is 11.8 Å². The summed E-state index contributed by atoms with van der Waals surface area (Å²) in [7, 11) is 0. The van der Waals surface area contributed by atoms with Gasteiger partial charge in [0.1, 0.15) is 0 Å². The number of unbranched alkanes of at least 4 members (excludes halogenated alkanes) is 4. The van der Waals surface area contributed by atoms with Gasteiger partial charge >= 0.3 is 12.0 Å². The number of aliphatic carboxylic acids is 1. The number of thioether (sulfide) groups is 1. The summed E-state index contributed by atoms with van der Waals surface area (Å²) >= 11 is 1.89. The number of amides is 4. The zero-order valence-electron chi connectivity index (χ0n) is 21.1. The number of ether oxygens (including phenoxy) is 2. The molecule has 206 valence electrons. The van der Waals surface area contributed by atoms with Gasteiger partial charge in [-0.1, -0.05) is 19.3 Å². The van der Waals surface area contributed by atoms with E-state index in [2.05, 4.69) is 21.3 Å². The zero-order chi connectivity index (χ0) is 26.0.